The number of hydrogen-bond donors (Lipinski definition) is 1. The van der Waals surface area contributed by atoms with Crippen molar-refractivity contribution in [2.24, 2.45) is 5.92 Å². The predicted octanol–water partition coefficient (Wildman–Crippen LogP) is 2.02. The molecule has 104 valence electrons. The van der Waals surface area contributed by atoms with Gasteiger partial charge in [0.05, 0.1) is 0 Å². The number of nitrogens with one attached hydrogen (secondary N) is 1. The third-order valence-electron chi connectivity index (χ3n) is 5.03. The Labute approximate surface area is 111 Å². The molecule has 0 bridgehead atoms. The van der Waals surface area contributed by atoms with Crippen molar-refractivity contribution >= 4 is 0 Å². The fraction of sp³-hybridized carbons (Fsp3) is 1.00. The quantitative estimate of drug-likeness (QED) is 0.810. The summed E-state index contributed by atoms with van der Waals surface area (Å²) in [6.45, 7) is 6.97. The number of ether oxygens (including phenoxy) is 1. The second-order valence-corrected chi connectivity index (χ2v) is 6.46. The van der Waals surface area contributed by atoms with Crippen LogP contribution in [0, 0.1) is 5.92 Å². The Bertz CT molecular complexity index is 253. The zero-order valence-electron chi connectivity index (χ0n) is 11.6. The van der Waals surface area contributed by atoms with Crippen LogP contribution in [0.15, 0.2) is 0 Å². The standard InChI is InChI=1S/C15H28N2O/c1-2-8-17(9-3-1)15(6-10-18-11-7-15)13-16-12-14-4-5-14/h14,16H,1-13H2. The molecule has 2 aliphatic heterocycles. The van der Waals surface area contributed by atoms with E-state index < -0.39 is 0 Å². The molecule has 1 aliphatic carbocycles. The SMILES string of the molecule is C1CCN(C2(CNCC3CC3)CCOCC2)CC1. The fourth-order valence-corrected chi connectivity index (χ4v) is 3.56. The number of rotatable bonds is 5. The maximum atomic E-state index is 5.60. The first-order valence-corrected chi connectivity index (χ1v) is 7.93. The van der Waals surface area contributed by atoms with E-state index in [4.69, 9.17) is 4.74 Å². The molecule has 0 aromatic rings. The molecule has 2 saturated heterocycles. The molecule has 3 fully saturated rings. The van der Waals surface area contributed by atoms with Crippen molar-refractivity contribution in [1.29, 1.82) is 0 Å². The van der Waals surface area contributed by atoms with Gasteiger partial charge >= 0.3 is 0 Å². The molecule has 2 heterocycles. The van der Waals surface area contributed by atoms with Crippen molar-refractivity contribution in [2.75, 3.05) is 39.4 Å². The van der Waals surface area contributed by atoms with E-state index in [1.54, 1.807) is 0 Å². The van der Waals surface area contributed by atoms with Crippen molar-refractivity contribution in [3.63, 3.8) is 0 Å². The summed E-state index contributed by atoms with van der Waals surface area (Å²) in [6.07, 6.45) is 9.57. The van der Waals surface area contributed by atoms with Gasteiger partial charge in [0.15, 0.2) is 0 Å². The molecule has 3 nitrogen and oxygen atoms in total. The lowest BCUT2D eigenvalue weighted by Gasteiger charge is -2.48. The van der Waals surface area contributed by atoms with Crippen molar-refractivity contribution < 1.29 is 4.74 Å². The van der Waals surface area contributed by atoms with E-state index in [1.165, 1.54) is 71.1 Å². The van der Waals surface area contributed by atoms with E-state index in [0.29, 0.717) is 5.54 Å². The van der Waals surface area contributed by atoms with Gasteiger partial charge < -0.3 is 10.1 Å². The third kappa shape index (κ3) is 3.06. The van der Waals surface area contributed by atoms with Crippen LogP contribution in [0.4, 0.5) is 0 Å². The Morgan fingerprint density at radius 3 is 2.44 bits per heavy atom. The van der Waals surface area contributed by atoms with E-state index in [1.807, 2.05) is 0 Å². The van der Waals surface area contributed by atoms with Crippen molar-refractivity contribution in [3.8, 4) is 0 Å². The lowest BCUT2D eigenvalue weighted by atomic mass is 9.86. The van der Waals surface area contributed by atoms with Gasteiger partial charge in [-0.3, -0.25) is 4.90 Å². The molecule has 0 aromatic heterocycles. The summed E-state index contributed by atoms with van der Waals surface area (Å²) >= 11 is 0. The molecule has 0 atom stereocenters. The van der Waals surface area contributed by atoms with E-state index in [9.17, 15) is 0 Å². The first-order valence-electron chi connectivity index (χ1n) is 7.93. The van der Waals surface area contributed by atoms with Crippen LogP contribution in [0.1, 0.15) is 44.9 Å². The molecule has 1 N–H and O–H groups in total. The van der Waals surface area contributed by atoms with Gasteiger partial charge in [-0.1, -0.05) is 6.42 Å². The van der Waals surface area contributed by atoms with Gasteiger partial charge in [-0.2, -0.15) is 0 Å². The average Bonchev–Trinajstić information content (AvgIpc) is 3.25. The smallest absolute Gasteiger partial charge is 0.0484 e. The van der Waals surface area contributed by atoms with Gasteiger partial charge in [-0.05, 0) is 64.1 Å². The molecule has 0 aromatic carbocycles. The largest absolute Gasteiger partial charge is 0.381 e. The maximum Gasteiger partial charge on any atom is 0.0484 e. The minimum absolute atomic E-state index is 0.410. The zero-order chi connectivity index (χ0) is 12.3. The zero-order valence-corrected chi connectivity index (χ0v) is 11.6. The predicted molar refractivity (Wildman–Crippen MR) is 73.8 cm³/mol. The van der Waals surface area contributed by atoms with Crippen LogP contribution in [0.5, 0.6) is 0 Å². The van der Waals surface area contributed by atoms with Gasteiger partial charge in [0.1, 0.15) is 0 Å². The molecule has 0 unspecified atom stereocenters. The Morgan fingerprint density at radius 1 is 1.06 bits per heavy atom. The second kappa shape index (κ2) is 5.89. The van der Waals surface area contributed by atoms with Crippen molar-refractivity contribution in [2.45, 2.75) is 50.5 Å². The Morgan fingerprint density at radius 2 is 1.78 bits per heavy atom. The van der Waals surface area contributed by atoms with E-state index >= 15 is 0 Å². The van der Waals surface area contributed by atoms with E-state index in [0.717, 1.165) is 19.1 Å². The van der Waals surface area contributed by atoms with Gasteiger partial charge in [0.25, 0.3) is 0 Å². The topological polar surface area (TPSA) is 24.5 Å². The molecule has 0 spiro atoms. The highest BCUT2D eigenvalue weighted by molar-refractivity contribution is 4.96. The van der Waals surface area contributed by atoms with E-state index in [2.05, 4.69) is 10.2 Å². The fourth-order valence-electron chi connectivity index (χ4n) is 3.56. The summed E-state index contributed by atoms with van der Waals surface area (Å²) in [5.41, 5.74) is 0.410. The lowest BCUT2D eigenvalue weighted by molar-refractivity contribution is -0.0356. The molecule has 3 heteroatoms. The van der Waals surface area contributed by atoms with Gasteiger partial charge in [0, 0.05) is 25.3 Å². The highest BCUT2D eigenvalue weighted by Gasteiger charge is 2.38. The highest BCUT2D eigenvalue weighted by atomic mass is 16.5. The molecule has 1 saturated carbocycles. The van der Waals surface area contributed by atoms with Crippen LogP contribution in [0.3, 0.4) is 0 Å². The summed E-state index contributed by atoms with van der Waals surface area (Å²) in [7, 11) is 0. The summed E-state index contributed by atoms with van der Waals surface area (Å²) in [4.78, 5) is 2.78. The molecule has 0 amide bonds. The molecule has 3 aliphatic rings. The first-order chi connectivity index (χ1) is 8.89. The van der Waals surface area contributed by atoms with Crippen molar-refractivity contribution in [1.82, 2.24) is 10.2 Å². The average molecular weight is 252 g/mol. The molecular weight excluding hydrogens is 224 g/mol. The van der Waals surface area contributed by atoms with Crippen LogP contribution in [0.2, 0.25) is 0 Å². The van der Waals surface area contributed by atoms with Gasteiger partial charge in [0.2, 0.25) is 0 Å². The Balaban J connectivity index is 1.57. The van der Waals surface area contributed by atoms with Crippen LogP contribution >= 0.6 is 0 Å². The summed E-state index contributed by atoms with van der Waals surface area (Å²) in [6, 6.07) is 0. The van der Waals surface area contributed by atoms with Crippen LogP contribution < -0.4 is 5.32 Å². The van der Waals surface area contributed by atoms with E-state index in [-0.39, 0.29) is 0 Å². The van der Waals surface area contributed by atoms with Crippen molar-refractivity contribution in [3.05, 3.63) is 0 Å². The Hall–Kier alpha value is -0.120. The molecular formula is C15H28N2O. The first kappa shape index (κ1) is 12.9. The number of likely N-dealkylation sites (tertiary alicyclic amines) is 1. The maximum absolute atomic E-state index is 5.60. The lowest BCUT2D eigenvalue weighted by Crippen LogP contribution is -2.59. The highest BCUT2D eigenvalue weighted by Crippen LogP contribution is 2.31. The number of piperidine rings is 1. The summed E-state index contributed by atoms with van der Waals surface area (Å²) in [5.74, 6) is 0.989. The number of hydrogen-bond acceptors (Lipinski definition) is 3. The van der Waals surface area contributed by atoms with Gasteiger partial charge in [-0.25, -0.2) is 0 Å². The molecule has 0 radical (unpaired) electrons. The van der Waals surface area contributed by atoms with Gasteiger partial charge in [-0.15, -0.1) is 0 Å². The second-order valence-electron chi connectivity index (χ2n) is 6.46. The monoisotopic (exact) mass is 252 g/mol. The van der Waals surface area contributed by atoms with Crippen LogP contribution in [-0.4, -0.2) is 49.8 Å². The molecule has 3 rings (SSSR count). The minimum Gasteiger partial charge on any atom is -0.381 e. The molecule has 18 heavy (non-hydrogen) atoms. The third-order valence-corrected chi connectivity index (χ3v) is 5.03. The Kier molecular flexibility index (Phi) is 4.22. The normalized spacial score (nSPS) is 29.3. The summed E-state index contributed by atoms with van der Waals surface area (Å²) in [5, 5.41) is 3.76. The van der Waals surface area contributed by atoms with Crippen LogP contribution in [-0.2, 0) is 4.74 Å². The van der Waals surface area contributed by atoms with Crippen LogP contribution in [0.25, 0.3) is 0 Å². The number of nitrogens with zero attached hydrogens (tertiary/aromatic N) is 1. The minimum atomic E-state index is 0.410. The summed E-state index contributed by atoms with van der Waals surface area (Å²) < 4.78 is 5.60.